The maximum Gasteiger partial charge on any atom is 0.127 e. The molecule has 0 spiro atoms. The van der Waals surface area contributed by atoms with E-state index in [1.807, 2.05) is 0 Å². The molecule has 1 fully saturated rings. The zero-order chi connectivity index (χ0) is 13.7. The van der Waals surface area contributed by atoms with Crippen LogP contribution in [0.5, 0.6) is 5.75 Å². The smallest absolute Gasteiger partial charge is 0.127 e. The van der Waals surface area contributed by atoms with Crippen molar-refractivity contribution in [2.75, 3.05) is 0 Å². The Kier molecular flexibility index (Phi) is 5.26. The van der Waals surface area contributed by atoms with Crippen molar-refractivity contribution in [2.45, 2.75) is 71.6 Å². The van der Waals surface area contributed by atoms with Crippen LogP contribution in [0.25, 0.3) is 0 Å². The molecule has 1 saturated carbocycles. The molecule has 2 heteroatoms. The third-order valence-electron chi connectivity index (χ3n) is 3.83. The Morgan fingerprint density at radius 1 is 1.21 bits per heavy atom. The van der Waals surface area contributed by atoms with Crippen molar-refractivity contribution in [3.8, 4) is 5.75 Å². The Morgan fingerprint density at radius 2 is 1.95 bits per heavy atom. The molecule has 106 valence electrons. The summed E-state index contributed by atoms with van der Waals surface area (Å²) in [4.78, 5) is 0. The summed E-state index contributed by atoms with van der Waals surface area (Å²) in [6, 6.07) is 6.96. The van der Waals surface area contributed by atoms with Gasteiger partial charge in [-0.25, -0.2) is 0 Å². The van der Waals surface area contributed by atoms with E-state index in [1.54, 1.807) is 0 Å². The minimum absolute atomic E-state index is 0.424. The average molecular weight is 261 g/mol. The van der Waals surface area contributed by atoms with Gasteiger partial charge in [-0.2, -0.15) is 0 Å². The molecule has 0 aromatic heterocycles. The average Bonchev–Trinajstić information content (AvgIpc) is 2.40. The number of aryl methyl sites for hydroxylation is 1. The van der Waals surface area contributed by atoms with Crippen molar-refractivity contribution < 1.29 is 4.74 Å². The van der Waals surface area contributed by atoms with Crippen LogP contribution in [0.15, 0.2) is 18.2 Å². The Hall–Kier alpha value is -1.02. The van der Waals surface area contributed by atoms with E-state index in [-0.39, 0.29) is 0 Å². The zero-order valence-corrected chi connectivity index (χ0v) is 12.5. The second-order valence-electron chi connectivity index (χ2n) is 5.98. The third-order valence-corrected chi connectivity index (χ3v) is 3.83. The number of nitrogens with one attached hydrogen (secondary N) is 1. The predicted octanol–water partition coefficient (Wildman–Crippen LogP) is 4.20. The van der Waals surface area contributed by atoms with Crippen molar-refractivity contribution in [3.63, 3.8) is 0 Å². The number of para-hydroxylation sites is 1. The summed E-state index contributed by atoms with van der Waals surface area (Å²) < 4.78 is 6.31. The summed E-state index contributed by atoms with van der Waals surface area (Å²) in [6.07, 6.45) is 6.85. The van der Waals surface area contributed by atoms with Gasteiger partial charge in [0.1, 0.15) is 5.75 Å². The number of hydrogen-bond donors (Lipinski definition) is 1. The predicted molar refractivity (Wildman–Crippen MR) is 80.7 cm³/mol. The molecule has 2 rings (SSSR count). The van der Waals surface area contributed by atoms with Gasteiger partial charge in [-0.3, -0.25) is 0 Å². The van der Waals surface area contributed by atoms with E-state index in [4.69, 9.17) is 4.74 Å². The first-order valence-corrected chi connectivity index (χ1v) is 7.65. The Morgan fingerprint density at radius 3 is 2.63 bits per heavy atom. The Bertz CT molecular complexity index is 394. The normalized spacial score (nSPS) is 16.8. The summed E-state index contributed by atoms with van der Waals surface area (Å²) in [7, 11) is 0. The van der Waals surface area contributed by atoms with E-state index < -0.39 is 0 Å². The van der Waals surface area contributed by atoms with Crippen molar-refractivity contribution in [2.24, 2.45) is 0 Å². The topological polar surface area (TPSA) is 21.3 Å². The highest BCUT2D eigenvalue weighted by Crippen LogP contribution is 2.29. The fraction of sp³-hybridized carbons (Fsp3) is 0.647. The van der Waals surface area contributed by atoms with Gasteiger partial charge >= 0.3 is 0 Å². The molecule has 0 saturated heterocycles. The summed E-state index contributed by atoms with van der Waals surface area (Å²) in [6.45, 7) is 7.40. The van der Waals surface area contributed by atoms with Gasteiger partial charge in [0.05, 0.1) is 6.10 Å². The summed E-state index contributed by atoms with van der Waals surface area (Å²) >= 11 is 0. The van der Waals surface area contributed by atoms with Crippen LogP contribution in [-0.4, -0.2) is 12.1 Å². The van der Waals surface area contributed by atoms with Crippen LogP contribution in [0.1, 0.15) is 57.1 Å². The van der Waals surface area contributed by atoms with E-state index in [1.165, 1.54) is 43.2 Å². The van der Waals surface area contributed by atoms with E-state index in [0.29, 0.717) is 12.1 Å². The van der Waals surface area contributed by atoms with Gasteiger partial charge in [0, 0.05) is 18.2 Å². The molecule has 1 aromatic rings. The van der Waals surface area contributed by atoms with Crippen molar-refractivity contribution >= 4 is 0 Å². The second-order valence-corrected chi connectivity index (χ2v) is 5.98. The van der Waals surface area contributed by atoms with E-state index in [0.717, 1.165) is 12.3 Å². The highest BCUT2D eigenvalue weighted by Gasteiger charge is 2.17. The first-order chi connectivity index (χ1) is 9.16. The molecule has 0 heterocycles. The molecule has 1 aliphatic carbocycles. The molecule has 0 radical (unpaired) electrons. The van der Waals surface area contributed by atoms with Crippen molar-refractivity contribution in [3.05, 3.63) is 29.3 Å². The van der Waals surface area contributed by atoms with Crippen LogP contribution in [0.2, 0.25) is 0 Å². The van der Waals surface area contributed by atoms with Crippen LogP contribution in [0, 0.1) is 6.92 Å². The molecule has 0 amide bonds. The first kappa shape index (κ1) is 14.4. The molecule has 0 aliphatic heterocycles. The fourth-order valence-electron chi connectivity index (χ4n) is 2.68. The molecule has 1 aliphatic rings. The molecule has 1 N–H and O–H groups in total. The number of hydrogen-bond acceptors (Lipinski definition) is 2. The quantitative estimate of drug-likeness (QED) is 0.857. The lowest BCUT2D eigenvalue weighted by Gasteiger charge is -2.25. The van der Waals surface area contributed by atoms with E-state index >= 15 is 0 Å². The molecular formula is C17H27NO. The molecule has 1 aromatic carbocycles. The lowest BCUT2D eigenvalue weighted by Crippen LogP contribution is -2.24. The lowest BCUT2D eigenvalue weighted by molar-refractivity contribution is 0.152. The standard InChI is InChI=1S/C17H27NO/c1-13(2)18-12-15-9-7-8-14(3)17(15)19-16-10-5-4-6-11-16/h7-9,13,16,18H,4-6,10-12H2,1-3H3. The van der Waals surface area contributed by atoms with E-state index in [9.17, 15) is 0 Å². The SMILES string of the molecule is Cc1cccc(CNC(C)C)c1OC1CCCCC1. The number of rotatable bonds is 5. The molecule has 2 nitrogen and oxygen atoms in total. The van der Waals surface area contributed by atoms with Gasteiger partial charge < -0.3 is 10.1 Å². The van der Waals surface area contributed by atoms with E-state index in [2.05, 4.69) is 44.3 Å². The van der Waals surface area contributed by atoms with Crippen LogP contribution in [0.4, 0.5) is 0 Å². The van der Waals surface area contributed by atoms with Crippen molar-refractivity contribution in [1.82, 2.24) is 5.32 Å². The van der Waals surface area contributed by atoms with Crippen LogP contribution >= 0.6 is 0 Å². The summed E-state index contributed by atoms with van der Waals surface area (Å²) in [5, 5.41) is 3.49. The zero-order valence-electron chi connectivity index (χ0n) is 12.5. The highest BCUT2D eigenvalue weighted by molar-refractivity contribution is 5.41. The minimum Gasteiger partial charge on any atom is -0.490 e. The second kappa shape index (κ2) is 6.95. The molecular weight excluding hydrogens is 234 g/mol. The Balaban J connectivity index is 2.07. The summed E-state index contributed by atoms with van der Waals surface area (Å²) in [5.74, 6) is 1.11. The van der Waals surface area contributed by atoms with Crippen LogP contribution in [0.3, 0.4) is 0 Å². The monoisotopic (exact) mass is 261 g/mol. The van der Waals surface area contributed by atoms with Crippen molar-refractivity contribution in [1.29, 1.82) is 0 Å². The van der Waals surface area contributed by atoms with Gasteiger partial charge in [0.25, 0.3) is 0 Å². The van der Waals surface area contributed by atoms with Gasteiger partial charge in [-0.05, 0) is 38.2 Å². The van der Waals surface area contributed by atoms with Crippen LogP contribution < -0.4 is 10.1 Å². The summed E-state index contributed by atoms with van der Waals surface area (Å²) in [5.41, 5.74) is 2.55. The number of ether oxygens (including phenoxy) is 1. The maximum absolute atomic E-state index is 6.31. The number of benzene rings is 1. The minimum atomic E-state index is 0.424. The lowest BCUT2D eigenvalue weighted by atomic mass is 9.97. The largest absolute Gasteiger partial charge is 0.490 e. The molecule has 0 unspecified atom stereocenters. The van der Waals surface area contributed by atoms with Crippen LogP contribution in [-0.2, 0) is 6.54 Å². The third kappa shape index (κ3) is 4.24. The molecule has 19 heavy (non-hydrogen) atoms. The maximum atomic E-state index is 6.31. The fourth-order valence-corrected chi connectivity index (χ4v) is 2.68. The Labute approximate surface area is 117 Å². The molecule has 0 atom stereocenters. The first-order valence-electron chi connectivity index (χ1n) is 7.65. The van der Waals surface area contributed by atoms with Gasteiger partial charge in [-0.15, -0.1) is 0 Å². The van der Waals surface area contributed by atoms with Gasteiger partial charge in [0.2, 0.25) is 0 Å². The van der Waals surface area contributed by atoms with Gasteiger partial charge in [-0.1, -0.05) is 38.5 Å². The highest BCUT2D eigenvalue weighted by atomic mass is 16.5. The van der Waals surface area contributed by atoms with Gasteiger partial charge in [0.15, 0.2) is 0 Å². The molecule has 0 bridgehead atoms.